The van der Waals surface area contributed by atoms with Crippen LogP contribution in [0.4, 0.5) is 5.88 Å². The first-order valence-electron chi connectivity index (χ1n) is 7.01. The molecule has 2 N–H and O–H groups in total. The number of morpholine rings is 1. The van der Waals surface area contributed by atoms with Crippen molar-refractivity contribution in [3.05, 3.63) is 52.2 Å². The number of amides is 1. The Hall–Kier alpha value is -2.60. The predicted molar refractivity (Wildman–Crippen MR) is 82.0 cm³/mol. The van der Waals surface area contributed by atoms with Crippen molar-refractivity contribution in [1.29, 1.82) is 0 Å². The van der Waals surface area contributed by atoms with Crippen molar-refractivity contribution in [3.8, 4) is 11.3 Å². The number of hydrogen-bond donors (Lipinski definition) is 1. The van der Waals surface area contributed by atoms with Crippen LogP contribution in [0.25, 0.3) is 11.3 Å². The maximum absolute atomic E-state index is 11.9. The van der Waals surface area contributed by atoms with Crippen LogP contribution in [0.3, 0.4) is 0 Å². The highest BCUT2D eigenvalue weighted by molar-refractivity contribution is 5.93. The van der Waals surface area contributed by atoms with Crippen molar-refractivity contribution in [1.82, 2.24) is 0 Å². The van der Waals surface area contributed by atoms with Crippen LogP contribution in [-0.4, -0.2) is 32.2 Å². The van der Waals surface area contributed by atoms with E-state index in [1.165, 1.54) is 12.1 Å². The smallest absolute Gasteiger partial charge is 0.248 e. The minimum Gasteiger partial charge on any atom is -0.440 e. The molecule has 2 aromatic rings. The minimum atomic E-state index is -0.520. The zero-order valence-electron chi connectivity index (χ0n) is 12.0. The van der Waals surface area contributed by atoms with E-state index < -0.39 is 5.91 Å². The molecule has 3 rings (SSSR count). The zero-order chi connectivity index (χ0) is 15.5. The lowest BCUT2D eigenvalue weighted by Gasteiger charge is -2.27. The van der Waals surface area contributed by atoms with Gasteiger partial charge in [-0.2, -0.15) is 0 Å². The number of primary amides is 1. The van der Waals surface area contributed by atoms with Crippen molar-refractivity contribution in [2.45, 2.75) is 0 Å². The fourth-order valence-electron chi connectivity index (χ4n) is 2.37. The molecule has 0 radical (unpaired) electrons. The number of ether oxygens (including phenoxy) is 1. The van der Waals surface area contributed by atoms with Crippen molar-refractivity contribution < 1.29 is 13.9 Å². The van der Waals surface area contributed by atoms with E-state index in [1.807, 2.05) is 4.90 Å². The Bertz CT molecular complexity index is 748. The van der Waals surface area contributed by atoms with Crippen LogP contribution in [0, 0.1) is 0 Å². The van der Waals surface area contributed by atoms with Crippen LogP contribution < -0.4 is 16.1 Å². The molecule has 1 saturated heterocycles. The van der Waals surface area contributed by atoms with E-state index in [9.17, 15) is 9.59 Å². The third-order valence-electron chi connectivity index (χ3n) is 3.51. The van der Waals surface area contributed by atoms with Crippen LogP contribution in [0.1, 0.15) is 10.4 Å². The van der Waals surface area contributed by atoms with Gasteiger partial charge in [-0.25, -0.2) is 0 Å². The number of nitrogens with two attached hydrogens (primary N) is 1. The monoisotopic (exact) mass is 300 g/mol. The summed E-state index contributed by atoms with van der Waals surface area (Å²) in [7, 11) is 0. The average molecular weight is 300 g/mol. The van der Waals surface area contributed by atoms with E-state index in [0.717, 1.165) is 0 Å². The fraction of sp³-hybridized carbons (Fsp3) is 0.250. The molecule has 114 valence electrons. The third kappa shape index (κ3) is 3.01. The number of hydrogen-bond acceptors (Lipinski definition) is 5. The Morgan fingerprint density at radius 2 is 1.91 bits per heavy atom. The molecule has 0 aliphatic carbocycles. The largest absolute Gasteiger partial charge is 0.440 e. The van der Waals surface area contributed by atoms with Gasteiger partial charge in [-0.1, -0.05) is 12.1 Å². The molecule has 6 nitrogen and oxygen atoms in total. The lowest BCUT2D eigenvalue weighted by molar-refractivity contribution is 0.100. The molecule has 0 atom stereocenters. The zero-order valence-corrected chi connectivity index (χ0v) is 12.0. The van der Waals surface area contributed by atoms with Crippen LogP contribution >= 0.6 is 0 Å². The van der Waals surface area contributed by atoms with Gasteiger partial charge in [0.15, 0.2) is 11.3 Å². The second kappa shape index (κ2) is 6.03. The number of anilines is 1. The lowest BCUT2D eigenvalue weighted by atomic mass is 10.1. The molecule has 22 heavy (non-hydrogen) atoms. The second-order valence-electron chi connectivity index (χ2n) is 5.04. The number of benzene rings is 1. The molecule has 0 bridgehead atoms. The van der Waals surface area contributed by atoms with E-state index >= 15 is 0 Å². The molecule has 0 unspecified atom stereocenters. The quantitative estimate of drug-likeness (QED) is 0.921. The van der Waals surface area contributed by atoms with Crippen LogP contribution in [0.15, 0.2) is 45.6 Å². The first-order valence-corrected chi connectivity index (χ1v) is 7.01. The Kier molecular flexibility index (Phi) is 3.93. The van der Waals surface area contributed by atoms with Crippen molar-refractivity contribution in [2.24, 2.45) is 5.73 Å². The van der Waals surface area contributed by atoms with Gasteiger partial charge in [-0.15, -0.1) is 0 Å². The third-order valence-corrected chi connectivity index (χ3v) is 3.51. The molecule has 0 spiro atoms. The molecule has 6 heteroatoms. The van der Waals surface area contributed by atoms with Gasteiger partial charge in [0.1, 0.15) is 5.76 Å². The molecular formula is C16H16N2O4. The highest BCUT2D eigenvalue weighted by atomic mass is 16.5. The summed E-state index contributed by atoms with van der Waals surface area (Å²) in [5.74, 6) is 0.404. The maximum Gasteiger partial charge on any atom is 0.248 e. The highest BCUT2D eigenvalue weighted by Gasteiger charge is 2.15. The summed E-state index contributed by atoms with van der Waals surface area (Å²) in [6.07, 6.45) is 0. The van der Waals surface area contributed by atoms with Gasteiger partial charge in [0.25, 0.3) is 0 Å². The summed E-state index contributed by atoms with van der Waals surface area (Å²) in [5.41, 5.74) is 6.15. The van der Waals surface area contributed by atoms with Crippen LogP contribution in [0.2, 0.25) is 0 Å². The Morgan fingerprint density at radius 3 is 2.64 bits per heavy atom. The normalized spacial score (nSPS) is 14.8. The Morgan fingerprint density at radius 1 is 1.14 bits per heavy atom. The highest BCUT2D eigenvalue weighted by Crippen LogP contribution is 2.24. The molecule has 1 amide bonds. The summed E-state index contributed by atoms with van der Waals surface area (Å²) in [4.78, 5) is 25.2. The molecule has 1 aliphatic heterocycles. The number of carbonyl (C=O) groups excluding carboxylic acids is 1. The van der Waals surface area contributed by atoms with E-state index in [4.69, 9.17) is 14.9 Å². The lowest BCUT2D eigenvalue weighted by Crippen LogP contribution is -2.36. The van der Waals surface area contributed by atoms with Crippen LogP contribution in [0.5, 0.6) is 0 Å². The molecular weight excluding hydrogens is 284 g/mol. The summed E-state index contributed by atoms with van der Waals surface area (Å²) in [5, 5.41) is 0. The van der Waals surface area contributed by atoms with Crippen molar-refractivity contribution in [2.75, 3.05) is 31.2 Å². The fourth-order valence-corrected chi connectivity index (χ4v) is 2.37. The van der Waals surface area contributed by atoms with Gasteiger partial charge < -0.3 is 19.8 Å². The minimum absolute atomic E-state index is 0.146. The molecule has 0 saturated carbocycles. The van der Waals surface area contributed by atoms with Gasteiger partial charge in [0.2, 0.25) is 5.91 Å². The van der Waals surface area contributed by atoms with Crippen molar-refractivity contribution in [3.63, 3.8) is 0 Å². The SMILES string of the molecule is NC(=O)c1cccc(-c2cc(=O)cc(N3CCOCC3)o2)c1. The van der Waals surface area contributed by atoms with Crippen LogP contribution in [-0.2, 0) is 4.74 Å². The second-order valence-corrected chi connectivity index (χ2v) is 5.04. The van der Waals surface area contributed by atoms with E-state index in [0.29, 0.717) is 49.1 Å². The van der Waals surface area contributed by atoms with Gasteiger partial charge in [0, 0.05) is 36.3 Å². The van der Waals surface area contributed by atoms with Gasteiger partial charge >= 0.3 is 0 Å². The number of rotatable bonds is 3. The van der Waals surface area contributed by atoms with E-state index in [2.05, 4.69) is 0 Å². The summed E-state index contributed by atoms with van der Waals surface area (Å²) < 4.78 is 11.1. The van der Waals surface area contributed by atoms with E-state index in [-0.39, 0.29) is 5.43 Å². The topological polar surface area (TPSA) is 85.8 Å². The summed E-state index contributed by atoms with van der Waals surface area (Å²) in [6, 6.07) is 9.58. The van der Waals surface area contributed by atoms with Gasteiger partial charge in [0.05, 0.1) is 13.2 Å². The summed E-state index contributed by atoms with van der Waals surface area (Å²) in [6.45, 7) is 2.55. The van der Waals surface area contributed by atoms with Gasteiger partial charge in [-0.05, 0) is 12.1 Å². The molecule has 1 fully saturated rings. The first-order chi connectivity index (χ1) is 10.6. The van der Waals surface area contributed by atoms with E-state index in [1.54, 1.807) is 24.3 Å². The summed E-state index contributed by atoms with van der Waals surface area (Å²) >= 11 is 0. The predicted octanol–water partition coefficient (Wildman–Crippen LogP) is 1.24. The standard InChI is InChI=1S/C16H16N2O4/c17-16(20)12-3-1-2-11(8-12)14-9-13(19)10-15(22-14)18-4-6-21-7-5-18/h1-3,8-10H,4-7H2,(H2,17,20). The molecule has 2 heterocycles. The maximum atomic E-state index is 11.9. The van der Waals surface area contributed by atoms with Crippen molar-refractivity contribution >= 4 is 11.8 Å². The average Bonchev–Trinajstić information content (AvgIpc) is 2.55. The molecule has 1 aromatic carbocycles. The molecule has 1 aromatic heterocycles. The van der Waals surface area contributed by atoms with Gasteiger partial charge in [-0.3, -0.25) is 9.59 Å². The number of nitrogens with zero attached hydrogens (tertiary/aromatic N) is 1. The Labute approximate surface area is 127 Å². The first kappa shape index (κ1) is 14.3. The molecule has 1 aliphatic rings. The Balaban J connectivity index is 2.00. The number of carbonyl (C=O) groups is 1.